The maximum Gasteiger partial charge on any atom is 0.162 e. The van der Waals surface area contributed by atoms with Gasteiger partial charge in [0, 0.05) is 35.9 Å². The first-order valence-electron chi connectivity index (χ1n) is 12.0. The molecule has 0 amide bonds. The maximum atomic E-state index is 10.4. The van der Waals surface area contributed by atoms with Crippen LogP contribution in [0.25, 0.3) is 21.6 Å². The SMILES string of the molecule is CCCC(C)[C@H](O)C#Cc1csc2c(NC[C@@H](N)Cc3ccccc3)nc(-c3ccncc3)nc12. The van der Waals surface area contributed by atoms with Gasteiger partial charge >= 0.3 is 0 Å². The number of benzene rings is 1. The van der Waals surface area contributed by atoms with E-state index in [9.17, 15) is 5.11 Å². The topological polar surface area (TPSA) is 97.0 Å². The number of anilines is 1. The number of nitrogens with two attached hydrogens (primary N) is 1. The van der Waals surface area contributed by atoms with Gasteiger partial charge in [-0.05, 0) is 36.5 Å². The Morgan fingerprint density at radius 1 is 1.11 bits per heavy atom. The number of thiophene rings is 1. The predicted octanol–water partition coefficient (Wildman–Crippen LogP) is 4.88. The Hall–Kier alpha value is -3.31. The molecule has 0 aliphatic rings. The number of pyridine rings is 1. The molecule has 0 aliphatic carbocycles. The van der Waals surface area contributed by atoms with Crippen LogP contribution in [-0.2, 0) is 6.42 Å². The highest BCUT2D eigenvalue weighted by Crippen LogP contribution is 2.32. The Morgan fingerprint density at radius 2 is 1.89 bits per heavy atom. The second kappa shape index (κ2) is 11.9. The average molecular weight is 486 g/mol. The molecule has 3 aromatic heterocycles. The molecule has 0 fully saturated rings. The molecule has 0 aliphatic heterocycles. The van der Waals surface area contributed by atoms with Crippen molar-refractivity contribution in [2.75, 3.05) is 11.9 Å². The van der Waals surface area contributed by atoms with Gasteiger partial charge in [0.2, 0.25) is 0 Å². The highest BCUT2D eigenvalue weighted by molar-refractivity contribution is 7.18. The van der Waals surface area contributed by atoms with E-state index >= 15 is 0 Å². The molecule has 7 heteroatoms. The number of aliphatic hydroxyl groups excluding tert-OH is 1. The fraction of sp³-hybridized carbons (Fsp3) is 0.321. The average Bonchev–Trinajstić information content (AvgIpc) is 3.30. The molecule has 0 saturated carbocycles. The third kappa shape index (κ3) is 6.43. The van der Waals surface area contributed by atoms with E-state index in [1.165, 1.54) is 5.56 Å². The third-order valence-electron chi connectivity index (χ3n) is 5.86. The van der Waals surface area contributed by atoms with Crippen LogP contribution in [0.15, 0.2) is 60.2 Å². The normalized spacial score (nSPS) is 13.6. The van der Waals surface area contributed by atoms with E-state index < -0.39 is 6.10 Å². The Kier molecular flexibility index (Phi) is 8.43. The number of aromatic nitrogens is 3. The molecular formula is C28H31N5OS. The van der Waals surface area contributed by atoms with Gasteiger partial charge in [0.1, 0.15) is 17.4 Å². The van der Waals surface area contributed by atoms with E-state index in [0.717, 1.165) is 46.4 Å². The summed E-state index contributed by atoms with van der Waals surface area (Å²) in [6, 6.07) is 13.9. The van der Waals surface area contributed by atoms with Crippen molar-refractivity contribution >= 4 is 27.4 Å². The molecule has 0 bridgehead atoms. The Morgan fingerprint density at radius 3 is 2.63 bits per heavy atom. The molecule has 1 aromatic carbocycles. The van der Waals surface area contributed by atoms with Gasteiger partial charge in [0.05, 0.1) is 10.3 Å². The first kappa shape index (κ1) is 24.8. The van der Waals surface area contributed by atoms with Gasteiger partial charge in [-0.15, -0.1) is 11.3 Å². The summed E-state index contributed by atoms with van der Waals surface area (Å²) in [4.78, 5) is 13.8. The lowest BCUT2D eigenvalue weighted by atomic mass is 10.00. The monoisotopic (exact) mass is 485 g/mol. The fourth-order valence-corrected chi connectivity index (χ4v) is 4.78. The zero-order valence-electron chi connectivity index (χ0n) is 20.1. The third-order valence-corrected chi connectivity index (χ3v) is 6.84. The molecule has 4 aromatic rings. The summed E-state index contributed by atoms with van der Waals surface area (Å²) in [7, 11) is 0. The molecule has 3 atom stereocenters. The molecule has 1 unspecified atom stereocenters. The molecule has 3 heterocycles. The van der Waals surface area contributed by atoms with Crippen molar-refractivity contribution in [3.8, 4) is 23.2 Å². The van der Waals surface area contributed by atoms with Crippen molar-refractivity contribution in [2.24, 2.45) is 11.7 Å². The lowest BCUT2D eigenvalue weighted by Gasteiger charge is -2.14. The molecule has 0 spiro atoms. The number of hydrogen-bond acceptors (Lipinski definition) is 7. The summed E-state index contributed by atoms with van der Waals surface area (Å²) in [6.45, 7) is 4.71. The minimum absolute atomic E-state index is 0.0683. The van der Waals surface area contributed by atoms with E-state index in [0.29, 0.717) is 12.4 Å². The molecule has 180 valence electrons. The number of fused-ring (bicyclic) bond motifs is 1. The van der Waals surface area contributed by atoms with Crippen molar-refractivity contribution in [3.05, 3.63) is 71.4 Å². The standard InChI is InChI=1S/C28H31N5OS/c1-3-7-19(2)24(34)11-10-22-18-35-26-25(22)32-27(21-12-14-30-15-13-21)33-28(26)31-17-23(29)16-20-8-5-4-6-9-20/h4-6,8-9,12-15,18-19,23-24,34H,3,7,16-17,29H2,1-2H3,(H,31,32,33)/t19?,23-,24+/m0/s1. The highest BCUT2D eigenvalue weighted by atomic mass is 32.1. The highest BCUT2D eigenvalue weighted by Gasteiger charge is 2.16. The summed E-state index contributed by atoms with van der Waals surface area (Å²) in [5.74, 6) is 7.65. The van der Waals surface area contributed by atoms with Crippen molar-refractivity contribution in [3.63, 3.8) is 0 Å². The summed E-state index contributed by atoms with van der Waals surface area (Å²) >= 11 is 1.55. The Balaban J connectivity index is 1.63. The minimum Gasteiger partial charge on any atom is -0.380 e. The lowest BCUT2D eigenvalue weighted by Crippen LogP contribution is -2.31. The number of hydrogen-bond donors (Lipinski definition) is 3. The number of rotatable bonds is 9. The molecule has 4 rings (SSSR count). The van der Waals surface area contributed by atoms with Gasteiger partial charge in [0.15, 0.2) is 5.82 Å². The van der Waals surface area contributed by atoms with E-state index in [4.69, 9.17) is 15.7 Å². The van der Waals surface area contributed by atoms with Crippen LogP contribution in [0.5, 0.6) is 0 Å². The predicted molar refractivity (Wildman–Crippen MR) is 144 cm³/mol. The Labute approximate surface area is 210 Å². The maximum absolute atomic E-state index is 10.4. The molecule has 0 saturated heterocycles. The van der Waals surface area contributed by atoms with Crippen molar-refractivity contribution in [1.82, 2.24) is 15.0 Å². The summed E-state index contributed by atoms with van der Waals surface area (Å²) in [6.07, 6.45) is 5.52. The first-order valence-corrected chi connectivity index (χ1v) is 12.9. The van der Waals surface area contributed by atoms with Gasteiger partial charge < -0.3 is 16.2 Å². The molecule has 0 radical (unpaired) electrons. The van der Waals surface area contributed by atoms with Crippen LogP contribution in [-0.4, -0.2) is 38.7 Å². The van der Waals surface area contributed by atoms with Crippen LogP contribution in [0, 0.1) is 17.8 Å². The van der Waals surface area contributed by atoms with Gasteiger partial charge in [-0.25, -0.2) is 9.97 Å². The summed E-state index contributed by atoms with van der Waals surface area (Å²) in [5, 5.41) is 15.9. The Bertz CT molecular complexity index is 1300. The van der Waals surface area contributed by atoms with Crippen LogP contribution in [0.4, 0.5) is 5.82 Å². The van der Waals surface area contributed by atoms with Crippen LogP contribution in [0.3, 0.4) is 0 Å². The van der Waals surface area contributed by atoms with E-state index in [2.05, 4.69) is 41.2 Å². The molecular weight excluding hydrogens is 454 g/mol. The largest absolute Gasteiger partial charge is 0.380 e. The van der Waals surface area contributed by atoms with Gasteiger partial charge in [-0.3, -0.25) is 4.98 Å². The summed E-state index contributed by atoms with van der Waals surface area (Å²) in [5.41, 5.74) is 10.1. The van der Waals surface area contributed by atoms with E-state index in [1.807, 2.05) is 42.6 Å². The first-order chi connectivity index (χ1) is 17.0. The van der Waals surface area contributed by atoms with Crippen LogP contribution < -0.4 is 11.1 Å². The van der Waals surface area contributed by atoms with Crippen LogP contribution in [0.1, 0.15) is 37.8 Å². The van der Waals surface area contributed by atoms with Gasteiger partial charge in [-0.1, -0.05) is 62.4 Å². The molecule has 6 nitrogen and oxygen atoms in total. The zero-order valence-corrected chi connectivity index (χ0v) is 20.9. The molecule has 35 heavy (non-hydrogen) atoms. The van der Waals surface area contributed by atoms with Crippen molar-refractivity contribution < 1.29 is 5.11 Å². The number of aliphatic hydroxyl groups is 1. The number of nitrogens with one attached hydrogen (secondary N) is 1. The minimum atomic E-state index is -0.667. The van der Waals surface area contributed by atoms with E-state index in [1.54, 1.807) is 23.7 Å². The zero-order chi connectivity index (χ0) is 24.6. The van der Waals surface area contributed by atoms with Crippen molar-refractivity contribution in [2.45, 2.75) is 45.3 Å². The summed E-state index contributed by atoms with van der Waals surface area (Å²) < 4.78 is 0.926. The second-order valence-corrected chi connectivity index (χ2v) is 9.65. The fourth-order valence-electron chi connectivity index (χ4n) is 3.88. The van der Waals surface area contributed by atoms with E-state index in [-0.39, 0.29) is 12.0 Å². The molecule has 4 N–H and O–H groups in total. The van der Waals surface area contributed by atoms with Crippen molar-refractivity contribution in [1.29, 1.82) is 0 Å². The van der Waals surface area contributed by atoms with Crippen LogP contribution in [0.2, 0.25) is 0 Å². The van der Waals surface area contributed by atoms with Crippen LogP contribution >= 0.6 is 11.3 Å². The van der Waals surface area contributed by atoms with Gasteiger partial charge in [-0.2, -0.15) is 0 Å². The second-order valence-electron chi connectivity index (χ2n) is 8.77. The number of nitrogens with zero attached hydrogens (tertiary/aromatic N) is 3. The lowest BCUT2D eigenvalue weighted by molar-refractivity contribution is 0.165. The van der Waals surface area contributed by atoms with Gasteiger partial charge in [0.25, 0.3) is 0 Å². The smallest absolute Gasteiger partial charge is 0.162 e. The quantitative estimate of drug-likeness (QED) is 0.292.